The standard InChI is InChI=1S/C23H21N3O4S/c1-16-10-11-17(14-24-16)25-22(28)21(27)19-15-26(20-9-5-4-8-18(19)20)31(29,30)23(2)12-6-3-7-13-23/h3-12,14-15H,13H2,1-2H3,(H,25,28). The van der Waals surface area contributed by atoms with Gasteiger partial charge in [0.15, 0.2) is 0 Å². The summed E-state index contributed by atoms with van der Waals surface area (Å²) in [6.45, 7) is 3.44. The molecule has 0 radical (unpaired) electrons. The average Bonchev–Trinajstić information content (AvgIpc) is 3.15. The van der Waals surface area contributed by atoms with Crippen LogP contribution < -0.4 is 5.32 Å². The molecule has 0 bridgehead atoms. The van der Waals surface area contributed by atoms with Crippen LogP contribution in [0.1, 0.15) is 29.4 Å². The van der Waals surface area contributed by atoms with Gasteiger partial charge in [0.05, 0.1) is 23.0 Å². The highest BCUT2D eigenvalue weighted by Gasteiger charge is 2.39. The average molecular weight is 436 g/mol. The molecule has 4 rings (SSSR count). The largest absolute Gasteiger partial charge is 0.318 e. The van der Waals surface area contributed by atoms with Crippen LogP contribution in [-0.4, -0.2) is 33.8 Å². The molecule has 2 aromatic heterocycles. The molecule has 3 aromatic rings. The number of amides is 1. The van der Waals surface area contributed by atoms with E-state index in [1.165, 1.54) is 12.4 Å². The number of nitrogens with one attached hydrogen (secondary N) is 1. The van der Waals surface area contributed by atoms with E-state index in [1.807, 2.05) is 6.92 Å². The van der Waals surface area contributed by atoms with E-state index in [4.69, 9.17) is 0 Å². The van der Waals surface area contributed by atoms with Crippen molar-refractivity contribution in [3.63, 3.8) is 0 Å². The first-order valence-corrected chi connectivity index (χ1v) is 11.1. The summed E-state index contributed by atoms with van der Waals surface area (Å²) in [4.78, 5) is 29.6. The SMILES string of the molecule is Cc1ccc(NC(=O)C(=O)c2cn(S(=O)(=O)C3(C)C=CC=CC3)c3ccccc23)cn1. The number of fused-ring (bicyclic) bond motifs is 1. The minimum atomic E-state index is -3.91. The molecule has 1 N–H and O–H groups in total. The first-order chi connectivity index (χ1) is 14.7. The molecule has 0 saturated carbocycles. The van der Waals surface area contributed by atoms with Crippen LogP contribution in [0.25, 0.3) is 10.9 Å². The van der Waals surface area contributed by atoms with Crippen molar-refractivity contribution >= 4 is 38.3 Å². The van der Waals surface area contributed by atoms with Crippen LogP contribution in [0.5, 0.6) is 0 Å². The molecule has 1 amide bonds. The Morgan fingerprint density at radius 3 is 2.58 bits per heavy atom. The number of anilines is 1. The highest BCUT2D eigenvalue weighted by atomic mass is 32.2. The number of ketones is 1. The van der Waals surface area contributed by atoms with E-state index in [-0.39, 0.29) is 5.56 Å². The lowest BCUT2D eigenvalue weighted by molar-refractivity contribution is -0.112. The van der Waals surface area contributed by atoms with Crippen molar-refractivity contribution < 1.29 is 18.0 Å². The zero-order valence-corrected chi connectivity index (χ0v) is 17.9. The topological polar surface area (TPSA) is 98.1 Å². The number of hydrogen-bond acceptors (Lipinski definition) is 5. The molecule has 2 heterocycles. The molecule has 31 heavy (non-hydrogen) atoms. The summed E-state index contributed by atoms with van der Waals surface area (Å²) in [6, 6.07) is 10.0. The fraction of sp³-hybridized carbons (Fsp3) is 0.174. The molecule has 1 aliphatic carbocycles. The maximum absolute atomic E-state index is 13.5. The minimum absolute atomic E-state index is 0.0238. The number of carbonyl (C=O) groups excluding carboxylic acids is 2. The van der Waals surface area contributed by atoms with Crippen molar-refractivity contribution in [2.75, 3.05) is 5.32 Å². The first kappa shape index (κ1) is 20.7. The number of rotatable bonds is 5. The molecule has 0 saturated heterocycles. The van der Waals surface area contributed by atoms with Gasteiger partial charge in [-0.05, 0) is 38.5 Å². The molecule has 0 fully saturated rings. The number of para-hydroxylation sites is 1. The van der Waals surface area contributed by atoms with Crippen molar-refractivity contribution in [1.29, 1.82) is 0 Å². The molecule has 1 atom stereocenters. The number of nitrogens with zero attached hydrogens (tertiary/aromatic N) is 2. The fourth-order valence-corrected chi connectivity index (χ4v) is 5.17. The van der Waals surface area contributed by atoms with Gasteiger partial charge in [-0.15, -0.1) is 0 Å². The van der Waals surface area contributed by atoms with E-state index < -0.39 is 26.5 Å². The molecule has 158 valence electrons. The molecule has 7 nitrogen and oxygen atoms in total. The van der Waals surface area contributed by atoms with Crippen LogP contribution >= 0.6 is 0 Å². The second-order valence-corrected chi connectivity index (χ2v) is 9.91. The minimum Gasteiger partial charge on any atom is -0.318 e. The van der Waals surface area contributed by atoms with Crippen LogP contribution in [0, 0.1) is 6.92 Å². The third-order valence-electron chi connectivity index (χ3n) is 5.37. The summed E-state index contributed by atoms with van der Waals surface area (Å²) in [6.07, 6.45) is 9.92. The van der Waals surface area contributed by atoms with Gasteiger partial charge in [0.25, 0.3) is 11.7 Å². The highest BCUT2D eigenvalue weighted by Crippen LogP contribution is 2.33. The van der Waals surface area contributed by atoms with Crippen LogP contribution in [0.3, 0.4) is 0 Å². The van der Waals surface area contributed by atoms with Crippen molar-refractivity contribution in [1.82, 2.24) is 8.96 Å². The van der Waals surface area contributed by atoms with Crippen LogP contribution in [0.2, 0.25) is 0 Å². The number of aromatic nitrogens is 2. The predicted molar refractivity (Wildman–Crippen MR) is 119 cm³/mol. The van der Waals surface area contributed by atoms with Crippen LogP contribution in [-0.2, 0) is 14.8 Å². The molecule has 0 spiro atoms. The van der Waals surface area contributed by atoms with Crippen LogP contribution in [0.15, 0.2) is 73.1 Å². The lowest BCUT2D eigenvalue weighted by Crippen LogP contribution is -2.37. The van der Waals surface area contributed by atoms with E-state index in [0.29, 0.717) is 23.0 Å². The van der Waals surface area contributed by atoms with Gasteiger partial charge in [-0.25, -0.2) is 12.4 Å². The summed E-state index contributed by atoms with van der Waals surface area (Å²) >= 11 is 0. The van der Waals surface area contributed by atoms with Gasteiger partial charge in [-0.1, -0.05) is 42.5 Å². The number of hydrogen-bond donors (Lipinski definition) is 1. The Bertz CT molecular complexity index is 1350. The second kappa shape index (κ2) is 7.63. The van der Waals surface area contributed by atoms with Crippen molar-refractivity contribution in [3.05, 3.63) is 84.4 Å². The lowest BCUT2D eigenvalue weighted by Gasteiger charge is -2.27. The van der Waals surface area contributed by atoms with Gasteiger partial charge < -0.3 is 5.32 Å². The molecular weight excluding hydrogens is 414 g/mol. The van der Waals surface area contributed by atoms with Gasteiger partial charge in [-0.3, -0.25) is 14.6 Å². The Balaban J connectivity index is 1.75. The van der Waals surface area contributed by atoms with Crippen molar-refractivity contribution in [3.8, 4) is 0 Å². The Morgan fingerprint density at radius 2 is 1.90 bits per heavy atom. The first-order valence-electron chi connectivity index (χ1n) is 9.71. The van der Waals surface area contributed by atoms with Gasteiger partial charge in [0.2, 0.25) is 10.0 Å². The summed E-state index contributed by atoms with van der Waals surface area (Å²) in [5.74, 6) is -1.69. The fourth-order valence-electron chi connectivity index (χ4n) is 3.51. The third kappa shape index (κ3) is 3.59. The maximum Gasteiger partial charge on any atom is 0.296 e. The quantitative estimate of drug-likeness (QED) is 0.488. The van der Waals surface area contributed by atoms with Gasteiger partial charge >= 0.3 is 0 Å². The summed E-state index contributed by atoms with van der Waals surface area (Å²) in [7, 11) is -3.91. The molecule has 8 heteroatoms. The Labute approximate surface area is 180 Å². The van der Waals surface area contributed by atoms with E-state index >= 15 is 0 Å². The zero-order chi connectivity index (χ0) is 22.2. The van der Waals surface area contributed by atoms with E-state index in [0.717, 1.165) is 9.67 Å². The summed E-state index contributed by atoms with van der Waals surface area (Å²) in [5, 5.41) is 2.92. The lowest BCUT2D eigenvalue weighted by atomic mass is 10.0. The number of benzene rings is 1. The monoisotopic (exact) mass is 435 g/mol. The third-order valence-corrected chi connectivity index (χ3v) is 7.67. The van der Waals surface area contributed by atoms with Gasteiger partial charge in [-0.2, -0.15) is 0 Å². The smallest absolute Gasteiger partial charge is 0.296 e. The number of aryl methyl sites for hydroxylation is 1. The number of carbonyl (C=O) groups is 2. The number of pyridine rings is 1. The number of Topliss-reactive ketones (excluding diaryl/α,β-unsaturated/α-hetero) is 1. The van der Waals surface area contributed by atoms with Crippen molar-refractivity contribution in [2.45, 2.75) is 25.0 Å². The summed E-state index contributed by atoms with van der Waals surface area (Å²) in [5.41, 5.74) is 1.53. The highest BCUT2D eigenvalue weighted by molar-refractivity contribution is 7.91. The van der Waals surface area contributed by atoms with E-state index in [2.05, 4.69) is 10.3 Å². The van der Waals surface area contributed by atoms with Gasteiger partial charge in [0, 0.05) is 17.3 Å². The van der Waals surface area contributed by atoms with Gasteiger partial charge in [0.1, 0.15) is 4.75 Å². The number of allylic oxidation sites excluding steroid dienone is 3. The molecule has 1 aliphatic rings. The maximum atomic E-state index is 13.5. The molecule has 1 unspecified atom stereocenters. The Hall–Kier alpha value is -3.52. The predicted octanol–water partition coefficient (Wildman–Crippen LogP) is 3.62. The molecular formula is C23H21N3O4S. The zero-order valence-electron chi connectivity index (χ0n) is 17.1. The normalized spacial score (nSPS) is 18.3. The summed E-state index contributed by atoms with van der Waals surface area (Å²) < 4.78 is 27.0. The Kier molecular flexibility index (Phi) is 5.10. The Morgan fingerprint density at radius 1 is 1.13 bits per heavy atom. The van der Waals surface area contributed by atoms with Crippen LogP contribution in [0.4, 0.5) is 5.69 Å². The van der Waals surface area contributed by atoms with E-state index in [1.54, 1.807) is 67.6 Å². The second-order valence-electron chi connectivity index (χ2n) is 7.64. The van der Waals surface area contributed by atoms with Crippen molar-refractivity contribution in [2.24, 2.45) is 0 Å². The molecule has 0 aliphatic heterocycles. The molecule has 1 aromatic carbocycles. The van der Waals surface area contributed by atoms with E-state index in [9.17, 15) is 18.0 Å².